The first-order chi connectivity index (χ1) is 7.72. The summed E-state index contributed by atoms with van der Waals surface area (Å²) in [5.74, 6) is -0.175. The Balaban J connectivity index is 2.34. The molecule has 0 bridgehead atoms. The van der Waals surface area contributed by atoms with E-state index in [0.29, 0.717) is 6.61 Å². The van der Waals surface area contributed by atoms with Crippen molar-refractivity contribution < 1.29 is 9.13 Å². The third-order valence-corrected chi connectivity index (χ3v) is 3.42. The molecule has 2 rings (SSSR count). The van der Waals surface area contributed by atoms with Crippen LogP contribution in [-0.2, 0) is 16.9 Å². The van der Waals surface area contributed by atoms with Crippen LogP contribution in [0.25, 0.3) is 0 Å². The molecule has 0 aromatic heterocycles. The molecule has 0 spiro atoms. The van der Waals surface area contributed by atoms with Crippen molar-refractivity contribution in [1.29, 1.82) is 0 Å². The summed E-state index contributed by atoms with van der Waals surface area (Å²) in [6, 6.07) is 4.97. The van der Waals surface area contributed by atoms with Crippen molar-refractivity contribution in [2.45, 2.75) is 32.0 Å². The minimum atomic E-state index is -0.291. The Hall–Kier alpha value is -0.930. The van der Waals surface area contributed by atoms with Crippen LogP contribution in [0.15, 0.2) is 18.2 Å². The van der Waals surface area contributed by atoms with Crippen LogP contribution in [0.5, 0.6) is 0 Å². The van der Waals surface area contributed by atoms with Gasteiger partial charge in [0, 0.05) is 0 Å². The van der Waals surface area contributed by atoms with E-state index in [1.165, 1.54) is 6.07 Å². The first kappa shape index (κ1) is 11.6. The van der Waals surface area contributed by atoms with Crippen molar-refractivity contribution in [2.24, 2.45) is 0 Å². The van der Waals surface area contributed by atoms with Gasteiger partial charge in [-0.2, -0.15) is 0 Å². The maximum Gasteiger partial charge on any atom is 0.123 e. The van der Waals surface area contributed by atoms with Crippen LogP contribution >= 0.6 is 0 Å². The molecule has 1 N–H and O–H groups in total. The summed E-state index contributed by atoms with van der Waals surface area (Å²) < 4.78 is 19.2. The molecule has 1 aromatic carbocycles. The van der Waals surface area contributed by atoms with E-state index in [-0.39, 0.29) is 11.4 Å². The number of hydrogen-bond acceptors (Lipinski definition) is 2. The number of ether oxygens (including phenoxy) is 1. The minimum Gasteiger partial charge on any atom is -0.366 e. The first-order valence-electron chi connectivity index (χ1n) is 5.79. The van der Waals surface area contributed by atoms with E-state index < -0.39 is 0 Å². The van der Waals surface area contributed by atoms with Crippen molar-refractivity contribution in [1.82, 2.24) is 5.32 Å². The molecule has 1 aromatic rings. The van der Waals surface area contributed by atoms with E-state index in [2.05, 4.69) is 12.2 Å². The van der Waals surface area contributed by atoms with Gasteiger partial charge in [0.2, 0.25) is 0 Å². The second-order valence-corrected chi connectivity index (χ2v) is 4.29. The number of halogens is 1. The molecule has 1 heterocycles. The van der Waals surface area contributed by atoms with Crippen molar-refractivity contribution in [3.63, 3.8) is 0 Å². The van der Waals surface area contributed by atoms with Gasteiger partial charge in [-0.05, 0) is 49.7 Å². The highest BCUT2D eigenvalue weighted by atomic mass is 19.1. The Morgan fingerprint density at radius 1 is 1.50 bits per heavy atom. The molecule has 1 aliphatic rings. The monoisotopic (exact) mass is 223 g/mol. The van der Waals surface area contributed by atoms with E-state index in [0.717, 1.165) is 30.5 Å². The average molecular weight is 223 g/mol. The molecule has 2 nitrogen and oxygen atoms in total. The van der Waals surface area contributed by atoms with Gasteiger partial charge in [-0.25, -0.2) is 4.39 Å². The summed E-state index contributed by atoms with van der Waals surface area (Å²) >= 11 is 0. The molecule has 88 valence electrons. The van der Waals surface area contributed by atoms with Crippen LogP contribution in [0.1, 0.15) is 30.9 Å². The van der Waals surface area contributed by atoms with Gasteiger partial charge >= 0.3 is 0 Å². The molecule has 0 saturated heterocycles. The lowest BCUT2D eigenvalue weighted by atomic mass is 9.87. The maximum atomic E-state index is 13.3. The second kappa shape index (κ2) is 4.52. The van der Waals surface area contributed by atoms with E-state index in [4.69, 9.17) is 4.74 Å². The molecule has 0 fully saturated rings. The predicted molar refractivity (Wildman–Crippen MR) is 61.7 cm³/mol. The van der Waals surface area contributed by atoms with Gasteiger partial charge in [0.05, 0.1) is 12.2 Å². The number of fused-ring (bicyclic) bond motifs is 1. The third kappa shape index (κ3) is 1.85. The molecule has 1 aliphatic heterocycles. The fourth-order valence-corrected chi connectivity index (χ4v) is 2.40. The van der Waals surface area contributed by atoms with Gasteiger partial charge in [-0.1, -0.05) is 13.0 Å². The quantitative estimate of drug-likeness (QED) is 0.847. The summed E-state index contributed by atoms with van der Waals surface area (Å²) in [5.41, 5.74) is 1.87. The minimum absolute atomic E-state index is 0.175. The molecular formula is C13H18FNO. The zero-order chi connectivity index (χ0) is 11.6. The van der Waals surface area contributed by atoms with Gasteiger partial charge in [-0.3, -0.25) is 0 Å². The Morgan fingerprint density at radius 3 is 3.00 bits per heavy atom. The lowest BCUT2D eigenvalue weighted by Crippen LogP contribution is -2.29. The van der Waals surface area contributed by atoms with Crippen molar-refractivity contribution >= 4 is 0 Å². The lowest BCUT2D eigenvalue weighted by molar-refractivity contribution is -0.0467. The average Bonchev–Trinajstić information content (AvgIpc) is 2.66. The van der Waals surface area contributed by atoms with Gasteiger partial charge in [-0.15, -0.1) is 0 Å². The lowest BCUT2D eigenvalue weighted by Gasteiger charge is -2.28. The maximum absolute atomic E-state index is 13.3. The van der Waals surface area contributed by atoms with Gasteiger partial charge in [0.25, 0.3) is 0 Å². The van der Waals surface area contributed by atoms with Crippen LogP contribution in [0, 0.1) is 5.82 Å². The number of hydrogen-bond donors (Lipinski definition) is 1. The molecule has 0 radical (unpaired) electrons. The highest BCUT2D eigenvalue weighted by molar-refractivity contribution is 5.36. The van der Waals surface area contributed by atoms with Gasteiger partial charge in [0.1, 0.15) is 5.82 Å². The van der Waals surface area contributed by atoms with E-state index in [9.17, 15) is 4.39 Å². The van der Waals surface area contributed by atoms with Gasteiger partial charge < -0.3 is 10.1 Å². The fourth-order valence-electron chi connectivity index (χ4n) is 2.40. The molecule has 0 aliphatic carbocycles. The molecule has 1 unspecified atom stereocenters. The van der Waals surface area contributed by atoms with Crippen LogP contribution < -0.4 is 5.32 Å². The summed E-state index contributed by atoms with van der Waals surface area (Å²) in [4.78, 5) is 0. The van der Waals surface area contributed by atoms with E-state index in [1.54, 1.807) is 6.07 Å². The van der Waals surface area contributed by atoms with Crippen LogP contribution in [-0.4, -0.2) is 13.6 Å². The predicted octanol–water partition coefficient (Wildman–Crippen LogP) is 2.57. The van der Waals surface area contributed by atoms with Crippen molar-refractivity contribution in [2.75, 3.05) is 13.6 Å². The number of rotatable bonds is 4. The van der Waals surface area contributed by atoms with E-state index in [1.807, 2.05) is 13.1 Å². The SMILES string of the molecule is CCC1(CCNC)OCc2ccc(F)cc21. The molecule has 16 heavy (non-hydrogen) atoms. The third-order valence-electron chi connectivity index (χ3n) is 3.42. The smallest absolute Gasteiger partial charge is 0.123 e. The van der Waals surface area contributed by atoms with E-state index >= 15 is 0 Å². The highest BCUT2D eigenvalue weighted by Crippen LogP contribution is 2.41. The summed E-state index contributed by atoms with van der Waals surface area (Å²) in [7, 11) is 1.92. The van der Waals surface area contributed by atoms with Crippen molar-refractivity contribution in [3.05, 3.63) is 35.1 Å². The van der Waals surface area contributed by atoms with Crippen LogP contribution in [0.3, 0.4) is 0 Å². The van der Waals surface area contributed by atoms with Crippen molar-refractivity contribution in [3.8, 4) is 0 Å². The fraction of sp³-hybridized carbons (Fsp3) is 0.538. The molecule has 1 atom stereocenters. The summed E-state index contributed by atoms with van der Waals surface area (Å²) in [6.45, 7) is 3.58. The zero-order valence-corrected chi connectivity index (χ0v) is 9.85. The van der Waals surface area contributed by atoms with Crippen LogP contribution in [0.2, 0.25) is 0 Å². The molecule has 0 amide bonds. The first-order valence-corrected chi connectivity index (χ1v) is 5.79. The normalized spacial score (nSPS) is 23.4. The molecular weight excluding hydrogens is 205 g/mol. The Kier molecular flexibility index (Phi) is 3.26. The second-order valence-electron chi connectivity index (χ2n) is 4.29. The Bertz CT molecular complexity index is 380. The standard InChI is InChI=1S/C13H18FNO/c1-3-13(6-7-15-2)12-8-11(14)5-4-10(12)9-16-13/h4-5,8,15H,3,6-7,9H2,1-2H3. The summed E-state index contributed by atoms with van der Waals surface area (Å²) in [6.07, 6.45) is 1.77. The molecule has 3 heteroatoms. The molecule has 0 saturated carbocycles. The topological polar surface area (TPSA) is 21.3 Å². The number of nitrogens with one attached hydrogen (secondary N) is 1. The highest BCUT2D eigenvalue weighted by Gasteiger charge is 2.38. The largest absolute Gasteiger partial charge is 0.366 e. The zero-order valence-electron chi connectivity index (χ0n) is 9.85. The van der Waals surface area contributed by atoms with Gasteiger partial charge in [0.15, 0.2) is 0 Å². The summed E-state index contributed by atoms with van der Waals surface area (Å²) in [5, 5.41) is 3.13. The van der Waals surface area contributed by atoms with Crippen LogP contribution in [0.4, 0.5) is 4.39 Å². The Morgan fingerprint density at radius 2 is 2.31 bits per heavy atom. The Labute approximate surface area is 95.8 Å². The number of benzene rings is 1.